The maximum Gasteiger partial charge on any atom is 0.341 e. The van der Waals surface area contributed by atoms with Gasteiger partial charge in [-0.15, -0.1) is 10.2 Å². The molecule has 1 heterocycles. The van der Waals surface area contributed by atoms with Crippen molar-refractivity contribution < 1.29 is 9.53 Å². The monoisotopic (exact) mass is 359 g/mol. The quantitative estimate of drug-likeness (QED) is 0.617. The first-order valence-corrected chi connectivity index (χ1v) is 8.02. The summed E-state index contributed by atoms with van der Waals surface area (Å²) >= 11 is 13.0. The summed E-state index contributed by atoms with van der Waals surface area (Å²) in [5.74, 6) is -0.680. The van der Waals surface area contributed by atoms with Crippen LogP contribution in [0.1, 0.15) is 16.1 Å². The standard InChI is InChI=1S/C13H11Cl2N3O3S/c1-7-11(19)18(13(22-2)17-16-7)6-21-12(20)9-5-8(14)3-4-10(9)15/h3-5H,6H2,1-2H3. The molecule has 0 amide bonds. The van der Waals surface area contributed by atoms with E-state index in [1.165, 1.54) is 35.4 Å². The van der Waals surface area contributed by atoms with Gasteiger partial charge in [-0.1, -0.05) is 35.0 Å². The van der Waals surface area contributed by atoms with Gasteiger partial charge >= 0.3 is 5.97 Å². The van der Waals surface area contributed by atoms with Crippen molar-refractivity contribution in [1.29, 1.82) is 0 Å². The molecule has 2 aromatic rings. The Morgan fingerprint density at radius 2 is 2.09 bits per heavy atom. The molecule has 0 saturated carbocycles. The zero-order valence-electron chi connectivity index (χ0n) is 11.7. The average molecular weight is 360 g/mol. The zero-order chi connectivity index (χ0) is 16.3. The third kappa shape index (κ3) is 3.60. The first-order valence-electron chi connectivity index (χ1n) is 6.04. The minimum absolute atomic E-state index is 0.131. The molecule has 0 spiro atoms. The maximum atomic E-state index is 12.1. The smallest absolute Gasteiger partial charge is 0.341 e. The second-order valence-corrected chi connectivity index (χ2v) is 5.81. The first kappa shape index (κ1) is 16.8. The highest BCUT2D eigenvalue weighted by molar-refractivity contribution is 7.98. The molecular formula is C13H11Cl2N3O3S. The van der Waals surface area contributed by atoms with Crippen LogP contribution in [-0.2, 0) is 11.5 Å². The molecule has 0 N–H and O–H groups in total. The minimum atomic E-state index is -0.680. The van der Waals surface area contributed by atoms with E-state index in [0.717, 1.165) is 0 Å². The van der Waals surface area contributed by atoms with Gasteiger partial charge in [-0.3, -0.25) is 4.79 Å². The van der Waals surface area contributed by atoms with Gasteiger partial charge in [-0.05, 0) is 31.4 Å². The van der Waals surface area contributed by atoms with Gasteiger partial charge in [0, 0.05) is 5.02 Å². The Bertz CT molecular complexity index is 780. The second kappa shape index (κ2) is 7.13. The fourth-order valence-corrected chi connectivity index (χ4v) is 2.46. The second-order valence-electron chi connectivity index (χ2n) is 4.19. The topological polar surface area (TPSA) is 74.1 Å². The maximum absolute atomic E-state index is 12.1. The molecule has 0 bridgehead atoms. The first-order chi connectivity index (χ1) is 10.4. The summed E-state index contributed by atoms with van der Waals surface area (Å²) in [7, 11) is 0. The van der Waals surface area contributed by atoms with Crippen molar-refractivity contribution in [1.82, 2.24) is 14.8 Å². The molecule has 0 fully saturated rings. The number of aryl methyl sites for hydroxylation is 1. The van der Waals surface area contributed by atoms with Crippen molar-refractivity contribution in [2.45, 2.75) is 18.8 Å². The van der Waals surface area contributed by atoms with Gasteiger partial charge in [-0.2, -0.15) is 0 Å². The molecule has 6 nitrogen and oxygen atoms in total. The highest BCUT2D eigenvalue weighted by atomic mass is 35.5. The number of thioether (sulfide) groups is 1. The van der Waals surface area contributed by atoms with Gasteiger partial charge in [-0.25, -0.2) is 9.36 Å². The molecule has 0 saturated heterocycles. The van der Waals surface area contributed by atoms with Crippen LogP contribution in [0.5, 0.6) is 0 Å². The van der Waals surface area contributed by atoms with E-state index in [-0.39, 0.29) is 28.6 Å². The number of carbonyl (C=O) groups is 1. The lowest BCUT2D eigenvalue weighted by Gasteiger charge is -2.11. The number of halogens is 2. The Morgan fingerprint density at radius 3 is 2.77 bits per heavy atom. The van der Waals surface area contributed by atoms with Gasteiger partial charge in [0.1, 0.15) is 5.69 Å². The number of ether oxygens (including phenoxy) is 1. The zero-order valence-corrected chi connectivity index (χ0v) is 14.0. The Balaban J connectivity index is 2.23. The fraction of sp³-hybridized carbons (Fsp3) is 0.231. The SMILES string of the molecule is CSc1nnc(C)c(=O)n1COC(=O)c1cc(Cl)ccc1Cl. The van der Waals surface area contributed by atoms with E-state index in [2.05, 4.69) is 10.2 Å². The average Bonchev–Trinajstić information content (AvgIpc) is 2.50. The summed E-state index contributed by atoms with van der Waals surface area (Å²) in [6, 6.07) is 4.46. The predicted molar refractivity (Wildman–Crippen MR) is 84.7 cm³/mol. The highest BCUT2D eigenvalue weighted by Gasteiger charge is 2.15. The largest absolute Gasteiger partial charge is 0.440 e. The van der Waals surface area contributed by atoms with Crippen LogP contribution in [0.15, 0.2) is 28.2 Å². The fourth-order valence-electron chi connectivity index (χ4n) is 1.62. The van der Waals surface area contributed by atoms with Gasteiger partial charge in [0.2, 0.25) is 0 Å². The molecule has 1 aromatic carbocycles. The number of hydrogen-bond acceptors (Lipinski definition) is 6. The Labute approximate surface area is 140 Å². The summed E-state index contributed by atoms with van der Waals surface area (Å²) in [6.45, 7) is 1.25. The van der Waals surface area contributed by atoms with Crippen molar-refractivity contribution in [3.05, 3.63) is 49.9 Å². The number of hydrogen-bond donors (Lipinski definition) is 0. The van der Waals surface area contributed by atoms with Crippen molar-refractivity contribution in [2.75, 3.05) is 6.26 Å². The number of benzene rings is 1. The molecule has 0 aliphatic rings. The predicted octanol–water partition coefficient (Wildman–Crippen LogP) is 2.79. The molecule has 2 rings (SSSR count). The number of esters is 1. The lowest BCUT2D eigenvalue weighted by molar-refractivity contribution is 0.0345. The van der Waals surface area contributed by atoms with Gasteiger partial charge < -0.3 is 4.74 Å². The number of carbonyl (C=O) groups excluding carboxylic acids is 1. The molecule has 1 aromatic heterocycles. The van der Waals surface area contributed by atoms with E-state index >= 15 is 0 Å². The lowest BCUT2D eigenvalue weighted by atomic mass is 10.2. The lowest BCUT2D eigenvalue weighted by Crippen LogP contribution is -2.28. The third-order valence-electron chi connectivity index (χ3n) is 2.73. The Hall–Kier alpha value is -1.57. The van der Waals surface area contributed by atoms with E-state index in [4.69, 9.17) is 27.9 Å². The van der Waals surface area contributed by atoms with E-state index in [1.807, 2.05) is 0 Å². The summed E-state index contributed by atoms with van der Waals surface area (Å²) in [5.41, 5.74) is -0.0226. The van der Waals surface area contributed by atoms with Crippen LogP contribution in [0.2, 0.25) is 10.0 Å². The number of rotatable bonds is 4. The van der Waals surface area contributed by atoms with Crippen molar-refractivity contribution in [2.24, 2.45) is 0 Å². The number of nitrogens with zero attached hydrogens (tertiary/aromatic N) is 3. The van der Waals surface area contributed by atoms with Crippen molar-refractivity contribution >= 4 is 40.9 Å². The molecule has 0 atom stereocenters. The molecule has 0 aliphatic carbocycles. The van der Waals surface area contributed by atoms with E-state index < -0.39 is 5.97 Å². The molecule has 0 unspecified atom stereocenters. The Morgan fingerprint density at radius 1 is 1.36 bits per heavy atom. The summed E-state index contributed by atoms with van der Waals surface area (Å²) in [6.07, 6.45) is 1.74. The Kier molecular flexibility index (Phi) is 5.44. The molecule has 116 valence electrons. The van der Waals surface area contributed by atoms with E-state index in [1.54, 1.807) is 12.3 Å². The van der Waals surface area contributed by atoms with Crippen LogP contribution in [0.3, 0.4) is 0 Å². The molecular weight excluding hydrogens is 349 g/mol. The van der Waals surface area contributed by atoms with Crippen LogP contribution in [0, 0.1) is 6.92 Å². The summed E-state index contributed by atoms with van der Waals surface area (Å²) in [4.78, 5) is 24.1. The van der Waals surface area contributed by atoms with E-state index in [9.17, 15) is 9.59 Å². The number of aromatic nitrogens is 3. The van der Waals surface area contributed by atoms with Gasteiger partial charge in [0.15, 0.2) is 11.9 Å². The minimum Gasteiger partial charge on any atom is -0.440 e. The van der Waals surface area contributed by atoms with Crippen LogP contribution in [0.4, 0.5) is 0 Å². The highest BCUT2D eigenvalue weighted by Crippen LogP contribution is 2.21. The molecule has 0 radical (unpaired) electrons. The summed E-state index contributed by atoms with van der Waals surface area (Å²) < 4.78 is 6.35. The normalized spacial score (nSPS) is 10.5. The molecule has 22 heavy (non-hydrogen) atoms. The molecule has 0 aliphatic heterocycles. The summed E-state index contributed by atoms with van der Waals surface area (Å²) in [5, 5.41) is 8.54. The van der Waals surface area contributed by atoms with Crippen LogP contribution in [0.25, 0.3) is 0 Å². The third-order valence-corrected chi connectivity index (χ3v) is 3.96. The van der Waals surface area contributed by atoms with Crippen molar-refractivity contribution in [3.8, 4) is 0 Å². The van der Waals surface area contributed by atoms with Crippen LogP contribution in [-0.4, -0.2) is 27.0 Å². The van der Waals surface area contributed by atoms with Gasteiger partial charge in [0.25, 0.3) is 5.56 Å². The van der Waals surface area contributed by atoms with E-state index in [0.29, 0.717) is 10.2 Å². The molecule has 9 heteroatoms. The van der Waals surface area contributed by atoms with Gasteiger partial charge in [0.05, 0.1) is 10.6 Å². The van der Waals surface area contributed by atoms with Crippen molar-refractivity contribution in [3.63, 3.8) is 0 Å². The van der Waals surface area contributed by atoms with Crippen LogP contribution >= 0.6 is 35.0 Å². The van der Waals surface area contributed by atoms with Crippen LogP contribution < -0.4 is 5.56 Å².